The van der Waals surface area contributed by atoms with Crippen molar-refractivity contribution < 1.29 is 4.74 Å². The summed E-state index contributed by atoms with van der Waals surface area (Å²) in [5.74, 6) is 0.915. The Balaban J connectivity index is 2.58. The molecule has 0 saturated carbocycles. The minimum Gasteiger partial charge on any atom is -0.385 e. The van der Waals surface area contributed by atoms with Crippen LogP contribution >= 0.6 is 11.6 Å². The summed E-state index contributed by atoms with van der Waals surface area (Å²) in [6.07, 6.45) is 0.931. The highest BCUT2D eigenvalue weighted by atomic mass is 35.5. The van der Waals surface area contributed by atoms with E-state index in [9.17, 15) is 0 Å². The van der Waals surface area contributed by atoms with E-state index in [0.29, 0.717) is 0 Å². The molecule has 1 aromatic rings. The molecule has 0 fully saturated rings. The fourth-order valence-electron chi connectivity index (χ4n) is 1.80. The smallest absolute Gasteiger partial charge is 0.193 e. The maximum absolute atomic E-state index is 5.90. The van der Waals surface area contributed by atoms with Gasteiger partial charge in [-0.1, -0.05) is 23.7 Å². The normalized spacial score (nSPS) is 11.5. The quantitative estimate of drug-likeness (QED) is 0.478. The highest BCUT2D eigenvalue weighted by Crippen LogP contribution is 2.11. The highest BCUT2D eigenvalue weighted by molar-refractivity contribution is 6.30. The molecule has 0 aliphatic rings. The van der Waals surface area contributed by atoms with Crippen LogP contribution in [0.3, 0.4) is 0 Å². The molecular weight excluding hydrogens is 274 g/mol. The summed E-state index contributed by atoms with van der Waals surface area (Å²) in [7, 11) is 3.74. The molecule has 0 heterocycles. The van der Waals surface area contributed by atoms with Crippen LogP contribution < -0.4 is 5.32 Å². The van der Waals surface area contributed by atoms with E-state index in [1.165, 1.54) is 5.56 Å². The molecule has 0 radical (unpaired) electrons. The van der Waals surface area contributed by atoms with Crippen molar-refractivity contribution in [3.05, 3.63) is 34.9 Å². The lowest BCUT2D eigenvalue weighted by molar-refractivity contribution is 0.197. The minimum absolute atomic E-state index is 0.740. The van der Waals surface area contributed by atoms with Crippen LogP contribution in [0.25, 0.3) is 0 Å². The van der Waals surface area contributed by atoms with E-state index in [1.54, 1.807) is 7.11 Å². The lowest BCUT2D eigenvalue weighted by Crippen LogP contribution is -2.38. The third-order valence-corrected chi connectivity index (χ3v) is 3.05. The summed E-state index contributed by atoms with van der Waals surface area (Å²) in [5, 5.41) is 4.06. The molecule has 0 saturated heterocycles. The number of aliphatic imine (C=N–C) groups is 1. The SMILES string of the molecule is CCNC(=NCCCOC)N(C)Cc1ccc(Cl)cc1. The third kappa shape index (κ3) is 6.26. The van der Waals surface area contributed by atoms with Gasteiger partial charge in [0, 0.05) is 45.4 Å². The van der Waals surface area contributed by atoms with Gasteiger partial charge < -0.3 is 15.0 Å². The van der Waals surface area contributed by atoms with E-state index >= 15 is 0 Å². The van der Waals surface area contributed by atoms with Gasteiger partial charge in [0.1, 0.15) is 0 Å². The predicted octanol–water partition coefficient (Wildman–Crippen LogP) is 2.77. The van der Waals surface area contributed by atoms with Crippen LogP contribution in [0.2, 0.25) is 5.02 Å². The van der Waals surface area contributed by atoms with Gasteiger partial charge in [0.05, 0.1) is 0 Å². The number of ether oxygens (including phenoxy) is 1. The second-order valence-electron chi connectivity index (χ2n) is 4.56. The first-order chi connectivity index (χ1) is 9.67. The summed E-state index contributed by atoms with van der Waals surface area (Å²) < 4.78 is 5.04. The molecule has 20 heavy (non-hydrogen) atoms. The lowest BCUT2D eigenvalue weighted by atomic mass is 10.2. The van der Waals surface area contributed by atoms with Gasteiger partial charge >= 0.3 is 0 Å². The summed E-state index contributed by atoms with van der Waals surface area (Å²) >= 11 is 5.90. The molecule has 0 aliphatic heterocycles. The second-order valence-corrected chi connectivity index (χ2v) is 5.00. The van der Waals surface area contributed by atoms with Gasteiger partial charge in [0.2, 0.25) is 0 Å². The van der Waals surface area contributed by atoms with E-state index in [2.05, 4.69) is 22.1 Å². The number of hydrogen-bond donors (Lipinski definition) is 1. The molecule has 1 aromatic carbocycles. The zero-order valence-corrected chi connectivity index (χ0v) is 13.3. The van der Waals surface area contributed by atoms with Crippen LogP contribution in [-0.2, 0) is 11.3 Å². The van der Waals surface area contributed by atoms with Gasteiger partial charge in [-0.2, -0.15) is 0 Å². The molecular formula is C15H24ClN3O. The predicted molar refractivity (Wildman–Crippen MR) is 85.4 cm³/mol. The molecule has 0 atom stereocenters. The maximum atomic E-state index is 5.90. The molecule has 1 N–H and O–H groups in total. The molecule has 0 amide bonds. The second kappa shape index (κ2) is 9.61. The zero-order chi connectivity index (χ0) is 14.8. The summed E-state index contributed by atoms with van der Waals surface area (Å²) in [4.78, 5) is 6.70. The van der Waals surface area contributed by atoms with Gasteiger partial charge in [-0.05, 0) is 31.0 Å². The first-order valence-corrected chi connectivity index (χ1v) is 7.28. The van der Waals surface area contributed by atoms with Crippen LogP contribution in [-0.4, -0.2) is 44.7 Å². The molecule has 4 nitrogen and oxygen atoms in total. The Morgan fingerprint density at radius 2 is 2.05 bits per heavy atom. The number of nitrogens with zero attached hydrogens (tertiary/aromatic N) is 2. The number of benzene rings is 1. The van der Waals surface area contributed by atoms with Crippen molar-refractivity contribution in [3.63, 3.8) is 0 Å². The molecule has 1 rings (SSSR count). The molecule has 0 spiro atoms. The Labute approximate surface area is 126 Å². The molecule has 0 bridgehead atoms. The summed E-state index contributed by atoms with van der Waals surface area (Å²) in [6, 6.07) is 7.89. The van der Waals surface area contributed by atoms with Crippen LogP contribution in [0.4, 0.5) is 0 Å². The van der Waals surface area contributed by atoms with E-state index in [4.69, 9.17) is 16.3 Å². The van der Waals surface area contributed by atoms with Crippen LogP contribution in [0, 0.1) is 0 Å². The van der Waals surface area contributed by atoms with Gasteiger partial charge in [0.15, 0.2) is 5.96 Å². The van der Waals surface area contributed by atoms with E-state index < -0.39 is 0 Å². The first-order valence-electron chi connectivity index (χ1n) is 6.90. The lowest BCUT2D eigenvalue weighted by Gasteiger charge is -2.22. The number of hydrogen-bond acceptors (Lipinski definition) is 2. The molecule has 112 valence electrons. The van der Waals surface area contributed by atoms with Crippen molar-refractivity contribution in [3.8, 4) is 0 Å². The average Bonchev–Trinajstić information content (AvgIpc) is 2.44. The standard InChI is InChI=1S/C15H24ClN3O/c1-4-17-15(18-10-5-11-20-3)19(2)12-13-6-8-14(16)9-7-13/h6-9H,4-5,10-12H2,1-3H3,(H,17,18). The maximum Gasteiger partial charge on any atom is 0.193 e. The van der Waals surface area contributed by atoms with Crippen molar-refractivity contribution in [1.82, 2.24) is 10.2 Å². The fourth-order valence-corrected chi connectivity index (χ4v) is 1.93. The Hall–Kier alpha value is -1.26. The fraction of sp³-hybridized carbons (Fsp3) is 0.533. The Kier molecular flexibility index (Phi) is 8.07. The minimum atomic E-state index is 0.740. The van der Waals surface area contributed by atoms with Crippen molar-refractivity contribution in [2.75, 3.05) is 33.9 Å². The van der Waals surface area contributed by atoms with Gasteiger partial charge in [-0.25, -0.2) is 0 Å². The van der Waals surface area contributed by atoms with Gasteiger partial charge in [-0.15, -0.1) is 0 Å². The Bertz CT molecular complexity index is 406. The molecule has 5 heteroatoms. The van der Waals surface area contributed by atoms with E-state index in [1.807, 2.05) is 31.3 Å². The van der Waals surface area contributed by atoms with Crippen LogP contribution in [0.1, 0.15) is 18.9 Å². The number of halogens is 1. The summed E-state index contributed by atoms with van der Waals surface area (Å²) in [6.45, 7) is 5.23. The highest BCUT2D eigenvalue weighted by Gasteiger charge is 2.06. The Morgan fingerprint density at radius 1 is 1.35 bits per heavy atom. The first kappa shape index (κ1) is 16.8. The topological polar surface area (TPSA) is 36.9 Å². The third-order valence-electron chi connectivity index (χ3n) is 2.80. The largest absolute Gasteiger partial charge is 0.385 e. The number of nitrogens with one attached hydrogen (secondary N) is 1. The van der Waals surface area contributed by atoms with Crippen molar-refractivity contribution in [1.29, 1.82) is 0 Å². The van der Waals surface area contributed by atoms with Crippen LogP contribution in [0.15, 0.2) is 29.3 Å². The van der Waals surface area contributed by atoms with Crippen molar-refractivity contribution in [2.24, 2.45) is 4.99 Å². The average molecular weight is 298 g/mol. The number of guanidine groups is 1. The van der Waals surface area contributed by atoms with Crippen molar-refractivity contribution in [2.45, 2.75) is 19.9 Å². The zero-order valence-electron chi connectivity index (χ0n) is 12.5. The number of methoxy groups -OCH3 is 1. The monoisotopic (exact) mass is 297 g/mol. The molecule has 0 unspecified atom stereocenters. The Morgan fingerprint density at radius 3 is 2.65 bits per heavy atom. The number of rotatable bonds is 7. The van der Waals surface area contributed by atoms with E-state index in [0.717, 1.165) is 43.6 Å². The van der Waals surface area contributed by atoms with Gasteiger partial charge in [-0.3, -0.25) is 4.99 Å². The molecule has 0 aromatic heterocycles. The van der Waals surface area contributed by atoms with Crippen LogP contribution in [0.5, 0.6) is 0 Å². The molecule has 0 aliphatic carbocycles. The van der Waals surface area contributed by atoms with Crippen molar-refractivity contribution >= 4 is 17.6 Å². The summed E-state index contributed by atoms with van der Waals surface area (Å²) in [5.41, 5.74) is 1.21. The van der Waals surface area contributed by atoms with Gasteiger partial charge in [0.25, 0.3) is 0 Å². The van der Waals surface area contributed by atoms with E-state index in [-0.39, 0.29) is 0 Å².